The Morgan fingerprint density at radius 3 is 1.72 bits per heavy atom. The summed E-state index contributed by atoms with van der Waals surface area (Å²) in [5.74, 6) is 0. The minimum Gasteiger partial charge on any atom is -0.372 e. The molecule has 2 N–H and O–H groups in total. The van der Waals surface area contributed by atoms with Gasteiger partial charge in [-0.05, 0) is 28.8 Å². The maximum absolute atomic E-state index is 5.67. The van der Waals surface area contributed by atoms with Gasteiger partial charge in [-0.25, -0.2) is 0 Å². The van der Waals surface area contributed by atoms with Crippen LogP contribution in [-0.2, 0) is 24.5 Å². The first kappa shape index (κ1) is 13.3. The van der Waals surface area contributed by atoms with Crippen molar-refractivity contribution in [3.05, 3.63) is 69.7 Å². The molecule has 0 spiro atoms. The molecular weight excluding hydrogens is 290 g/mol. The second kappa shape index (κ2) is 6.69. The lowest BCUT2D eigenvalue weighted by molar-refractivity contribution is 0.107. The quantitative estimate of drug-likeness (QED) is 0.915. The van der Waals surface area contributed by atoms with E-state index in [9.17, 15) is 0 Å². The molecule has 94 valence electrons. The second-order valence-electron chi connectivity index (χ2n) is 4.14. The lowest BCUT2D eigenvalue weighted by Gasteiger charge is -2.05. The van der Waals surface area contributed by atoms with Crippen LogP contribution in [0.25, 0.3) is 0 Å². The van der Waals surface area contributed by atoms with E-state index in [2.05, 4.69) is 40.2 Å². The van der Waals surface area contributed by atoms with Crippen molar-refractivity contribution < 1.29 is 4.74 Å². The van der Waals surface area contributed by atoms with E-state index in [-0.39, 0.29) is 0 Å². The van der Waals surface area contributed by atoms with Crippen molar-refractivity contribution in [2.75, 3.05) is 0 Å². The molecule has 0 aliphatic carbocycles. The molecule has 0 saturated heterocycles. The summed E-state index contributed by atoms with van der Waals surface area (Å²) in [6, 6.07) is 16.4. The molecule has 18 heavy (non-hydrogen) atoms. The molecular formula is C15H16BrNO. The average molecular weight is 306 g/mol. The Bertz CT molecular complexity index is 479. The van der Waals surface area contributed by atoms with Crippen LogP contribution in [0.1, 0.15) is 16.7 Å². The summed E-state index contributed by atoms with van der Waals surface area (Å²) in [6.07, 6.45) is 0. The van der Waals surface area contributed by atoms with Gasteiger partial charge in [-0.15, -0.1) is 0 Å². The molecule has 2 aromatic carbocycles. The van der Waals surface area contributed by atoms with Crippen LogP contribution in [0.4, 0.5) is 0 Å². The van der Waals surface area contributed by atoms with E-state index in [1.165, 1.54) is 11.1 Å². The van der Waals surface area contributed by atoms with Gasteiger partial charge < -0.3 is 10.5 Å². The summed E-state index contributed by atoms with van der Waals surface area (Å²) < 4.78 is 6.76. The van der Waals surface area contributed by atoms with Gasteiger partial charge in [-0.2, -0.15) is 0 Å². The van der Waals surface area contributed by atoms with E-state index in [0.29, 0.717) is 19.8 Å². The van der Waals surface area contributed by atoms with E-state index in [0.717, 1.165) is 10.0 Å². The maximum Gasteiger partial charge on any atom is 0.0721 e. The van der Waals surface area contributed by atoms with Crippen molar-refractivity contribution >= 4 is 15.9 Å². The normalized spacial score (nSPS) is 10.6. The van der Waals surface area contributed by atoms with Gasteiger partial charge in [0.2, 0.25) is 0 Å². The van der Waals surface area contributed by atoms with Gasteiger partial charge in [-0.3, -0.25) is 0 Å². The fraction of sp³-hybridized carbons (Fsp3) is 0.200. The minimum atomic E-state index is 0.583. The summed E-state index contributed by atoms with van der Waals surface area (Å²) >= 11 is 3.41. The van der Waals surface area contributed by atoms with E-state index < -0.39 is 0 Å². The molecule has 0 heterocycles. The fourth-order valence-corrected chi connectivity index (χ4v) is 1.90. The standard InChI is InChI=1S/C15H16BrNO/c16-15-7-5-14(6-8-15)11-18-10-13-3-1-12(9-17)2-4-13/h1-8H,9-11,17H2. The highest BCUT2D eigenvalue weighted by molar-refractivity contribution is 9.10. The van der Waals surface area contributed by atoms with E-state index in [1.54, 1.807) is 0 Å². The predicted octanol–water partition coefficient (Wildman–Crippen LogP) is 3.62. The number of hydrogen-bond acceptors (Lipinski definition) is 2. The zero-order valence-corrected chi connectivity index (χ0v) is 11.7. The van der Waals surface area contributed by atoms with Gasteiger partial charge in [0.25, 0.3) is 0 Å². The monoisotopic (exact) mass is 305 g/mol. The molecule has 0 saturated carbocycles. The number of rotatable bonds is 5. The highest BCUT2D eigenvalue weighted by atomic mass is 79.9. The molecule has 2 rings (SSSR count). The molecule has 0 aliphatic heterocycles. The summed E-state index contributed by atoms with van der Waals surface area (Å²) in [6.45, 7) is 1.84. The van der Waals surface area contributed by atoms with Crippen LogP contribution in [0.15, 0.2) is 53.0 Å². The zero-order valence-electron chi connectivity index (χ0n) is 10.1. The highest BCUT2D eigenvalue weighted by Crippen LogP contribution is 2.12. The number of hydrogen-bond donors (Lipinski definition) is 1. The van der Waals surface area contributed by atoms with Crippen molar-refractivity contribution in [2.45, 2.75) is 19.8 Å². The SMILES string of the molecule is NCc1ccc(COCc2ccc(Br)cc2)cc1. The lowest BCUT2D eigenvalue weighted by atomic mass is 10.1. The third kappa shape index (κ3) is 3.95. The fourth-order valence-electron chi connectivity index (χ4n) is 1.64. The van der Waals surface area contributed by atoms with Crippen LogP contribution < -0.4 is 5.73 Å². The molecule has 0 fully saturated rings. The first-order valence-electron chi connectivity index (χ1n) is 5.88. The second-order valence-corrected chi connectivity index (χ2v) is 5.06. The van der Waals surface area contributed by atoms with Gasteiger partial charge in [0, 0.05) is 11.0 Å². The van der Waals surface area contributed by atoms with Crippen molar-refractivity contribution in [1.29, 1.82) is 0 Å². The predicted molar refractivity (Wildman–Crippen MR) is 77.0 cm³/mol. The minimum absolute atomic E-state index is 0.583. The Kier molecular flexibility index (Phi) is 4.93. The van der Waals surface area contributed by atoms with Crippen molar-refractivity contribution in [2.24, 2.45) is 5.73 Å². The Morgan fingerprint density at radius 1 is 0.778 bits per heavy atom. The van der Waals surface area contributed by atoms with Crippen molar-refractivity contribution in [1.82, 2.24) is 0 Å². The Hall–Kier alpha value is -1.16. The average Bonchev–Trinajstić information content (AvgIpc) is 2.42. The molecule has 2 aromatic rings. The van der Waals surface area contributed by atoms with E-state index in [1.807, 2.05) is 24.3 Å². The van der Waals surface area contributed by atoms with Crippen LogP contribution in [0, 0.1) is 0 Å². The summed E-state index contributed by atoms with van der Waals surface area (Å²) in [4.78, 5) is 0. The highest BCUT2D eigenvalue weighted by Gasteiger charge is 1.96. The third-order valence-electron chi connectivity index (χ3n) is 2.71. The summed E-state index contributed by atoms with van der Waals surface area (Å²) in [7, 11) is 0. The Morgan fingerprint density at radius 2 is 1.22 bits per heavy atom. The number of halogens is 1. The Balaban J connectivity index is 1.82. The third-order valence-corrected chi connectivity index (χ3v) is 3.24. The molecule has 0 unspecified atom stereocenters. The molecule has 3 heteroatoms. The smallest absolute Gasteiger partial charge is 0.0721 e. The summed E-state index contributed by atoms with van der Waals surface area (Å²) in [5, 5.41) is 0. The topological polar surface area (TPSA) is 35.2 Å². The van der Waals surface area contributed by atoms with Crippen LogP contribution in [0.5, 0.6) is 0 Å². The molecule has 0 amide bonds. The van der Waals surface area contributed by atoms with Gasteiger partial charge in [0.15, 0.2) is 0 Å². The number of benzene rings is 2. The molecule has 0 aliphatic rings. The van der Waals surface area contributed by atoms with E-state index in [4.69, 9.17) is 10.5 Å². The largest absolute Gasteiger partial charge is 0.372 e. The van der Waals surface area contributed by atoms with Crippen LogP contribution in [0.3, 0.4) is 0 Å². The summed E-state index contributed by atoms with van der Waals surface area (Å²) in [5.41, 5.74) is 9.05. The van der Waals surface area contributed by atoms with Gasteiger partial charge in [0.05, 0.1) is 13.2 Å². The molecule has 0 atom stereocenters. The first-order chi connectivity index (χ1) is 8.78. The van der Waals surface area contributed by atoms with Crippen LogP contribution in [0.2, 0.25) is 0 Å². The maximum atomic E-state index is 5.67. The van der Waals surface area contributed by atoms with E-state index >= 15 is 0 Å². The van der Waals surface area contributed by atoms with Gasteiger partial charge in [0.1, 0.15) is 0 Å². The number of nitrogens with two attached hydrogens (primary N) is 1. The van der Waals surface area contributed by atoms with Crippen LogP contribution in [-0.4, -0.2) is 0 Å². The zero-order chi connectivity index (χ0) is 12.8. The van der Waals surface area contributed by atoms with Crippen molar-refractivity contribution in [3.8, 4) is 0 Å². The molecule has 0 radical (unpaired) electrons. The molecule has 0 aromatic heterocycles. The van der Waals surface area contributed by atoms with Gasteiger partial charge in [-0.1, -0.05) is 52.3 Å². The first-order valence-corrected chi connectivity index (χ1v) is 6.67. The Labute approximate surface area is 116 Å². The molecule has 0 bridgehead atoms. The van der Waals surface area contributed by atoms with Crippen LogP contribution >= 0.6 is 15.9 Å². The van der Waals surface area contributed by atoms with Crippen molar-refractivity contribution in [3.63, 3.8) is 0 Å². The molecule has 2 nitrogen and oxygen atoms in total. The van der Waals surface area contributed by atoms with Gasteiger partial charge >= 0.3 is 0 Å². The lowest BCUT2D eigenvalue weighted by Crippen LogP contribution is -1.97. The number of ether oxygens (including phenoxy) is 1.